The van der Waals surface area contributed by atoms with E-state index >= 15 is 0 Å². The number of Topliss-reactive ketones (excluding diaryl/α,β-unsaturated/α-hetero) is 1. The Kier molecular flexibility index (Phi) is 5.14. The molecular formula is C24H21NO5. The molecule has 0 saturated carbocycles. The van der Waals surface area contributed by atoms with Crippen LogP contribution in [0.1, 0.15) is 28.5 Å². The number of furan rings is 1. The van der Waals surface area contributed by atoms with Crippen molar-refractivity contribution in [2.75, 3.05) is 7.11 Å². The van der Waals surface area contributed by atoms with E-state index in [0.717, 1.165) is 5.56 Å². The molecule has 2 aromatic carbocycles. The third-order valence-electron chi connectivity index (χ3n) is 5.20. The van der Waals surface area contributed by atoms with E-state index in [-0.39, 0.29) is 17.9 Å². The van der Waals surface area contributed by atoms with E-state index in [4.69, 9.17) is 9.15 Å². The topological polar surface area (TPSA) is 80.0 Å². The van der Waals surface area contributed by atoms with Crippen LogP contribution in [0.5, 0.6) is 5.75 Å². The van der Waals surface area contributed by atoms with E-state index in [1.807, 2.05) is 19.1 Å². The highest BCUT2D eigenvalue weighted by Crippen LogP contribution is 2.40. The van der Waals surface area contributed by atoms with Gasteiger partial charge in [-0.25, -0.2) is 0 Å². The minimum absolute atomic E-state index is 0.0561. The van der Waals surface area contributed by atoms with E-state index < -0.39 is 17.7 Å². The monoisotopic (exact) mass is 403 g/mol. The van der Waals surface area contributed by atoms with E-state index in [9.17, 15) is 14.7 Å². The van der Waals surface area contributed by atoms with Crippen LogP contribution in [-0.4, -0.2) is 28.8 Å². The van der Waals surface area contributed by atoms with Crippen molar-refractivity contribution in [1.82, 2.24) is 4.90 Å². The fourth-order valence-corrected chi connectivity index (χ4v) is 3.61. The van der Waals surface area contributed by atoms with Crippen molar-refractivity contribution >= 4 is 17.4 Å². The predicted octanol–water partition coefficient (Wildman–Crippen LogP) is 4.22. The number of methoxy groups -OCH3 is 1. The standard InChI is InChI=1S/C24H21NO5/c1-15-5-7-17(8-6-15)22(26)20-21(16-9-11-18(29-2)12-10-16)25(24(28)23(20)27)14-19-4-3-13-30-19/h3-13,21,26H,14H2,1-2H3. The van der Waals surface area contributed by atoms with Crippen LogP contribution in [0.3, 0.4) is 0 Å². The Morgan fingerprint density at radius 1 is 1.07 bits per heavy atom. The van der Waals surface area contributed by atoms with E-state index in [1.54, 1.807) is 55.6 Å². The van der Waals surface area contributed by atoms with Crippen LogP contribution < -0.4 is 4.74 Å². The van der Waals surface area contributed by atoms with Crippen molar-refractivity contribution in [3.8, 4) is 5.75 Å². The fraction of sp³-hybridized carbons (Fsp3) is 0.167. The molecule has 4 rings (SSSR count). The molecule has 1 amide bonds. The molecule has 6 heteroatoms. The number of nitrogens with zero attached hydrogens (tertiary/aromatic N) is 1. The van der Waals surface area contributed by atoms with Crippen LogP contribution in [0.25, 0.3) is 5.76 Å². The molecule has 1 aliphatic heterocycles. The van der Waals surface area contributed by atoms with Gasteiger partial charge in [-0.3, -0.25) is 9.59 Å². The van der Waals surface area contributed by atoms with Crippen LogP contribution in [0.15, 0.2) is 76.9 Å². The first kappa shape index (κ1) is 19.5. The van der Waals surface area contributed by atoms with Crippen molar-refractivity contribution in [2.24, 2.45) is 0 Å². The minimum atomic E-state index is -0.748. The molecular weight excluding hydrogens is 382 g/mol. The van der Waals surface area contributed by atoms with Gasteiger partial charge < -0.3 is 19.2 Å². The second-order valence-electron chi connectivity index (χ2n) is 7.15. The molecule has 30 heavy (non-hydrogen) atoms. The number of hydrogen-bond acceptors (Lipinski definition) is 5. The SMILES string of the molecule is COc1ccc(C2C(=C(O)c3ccc(C)cc3)C(=O)C(=O)N2Cc2ccco2)cc1. The Balaban J connectivity index is 1.85. The van der Waals surface area contributed by atoms with Gasteiger partial charge in [-0.1, -0.05) is 42.0 Å². The first-order chi connectivity index (χ1) is 14.5. The van der Waals surface area contributed by atoms with Gasteiger partial charge in [-0.2, -0.15) is 0 Å². The molecule has 1 N–H and O–H groups in total. The lowest BCUT2D eigenvalue weighted by atomic mass is 9.95. The molecule has 2 heterocycles. The summed E-state index contributed by atoms with van der Waals surface area (Å²) < 4.78 is 10.6. The van der Waals surface area contributed by atoms with Crippen molar-refractivity contribution in [3.05, 3.63) is 95.0 Å². The first-order valence-corrected chi connectivity index (χ1v) is 9.51. The number of rotatable bonds is 5. The van der Waals surface area contributed by atoms with E-state index in [1.165, 1.54) is 11.2 Å². The highest BCUT2D eigenvalue weighted by atomic mass is 16.5. The summed E-state index contributed by atoms with van der Waals surface area (Å²) in [6, 6.07) is 17.0. The number of aliphatic hydroxyl groups is 1. The summed E-state index contributed by atoms with van der Waals surface area (Å²) >= 11 is 0. The maximum atomic E-state index is 13.0. The molecule has 1 unspecified atom stereocenters. The van der Waals surface area contributed by atoms with Crippen LogP contribution >= 0.6 is 0 Å². The van der Waals surface area contributed by atoms with Gasteiger partial charge in [-0.15, -0.1) is 0 Å². The lowest BCUT2D eigenvalue weighted by Gasteiger charge is -2.24. The highest BCUT2D eigenvalue weighted by Gasteiger charge is 2.46. The Morgan fingerprint density at radius 2 is 1.77 bits per heavy atom. The molecule has 1 aliphatic rings. The van der Waals surface area contributed by atoms with Gasteiger partial charge in [0.2, 0.25) is 0 Å². The fourth-order valence-electron chi connectivity index (χ4n) is 3.61. The molecule has 0 bridgehead atoms. The average molecular weight is 403 g/mol. The third-order valence-corrected chi connectivity index (χ3v) is 5.20. The Morgan fingerprint density at radius 3 is 2.37 bits per heavy atom. The predicted molar refractivity (Wildman–Crippen MR) is 111 cm³/mol. The number of carbonyl (C=O) groups is 2. The number of likely N-dealkylation sites (tertiary alicyclic amines) is 1. The summed E-state index contributed by atoms with van der Waals surface area (Å²) in [6.45, 7) is 2.04. The van der Waals surface area contributed by atoms with Gasteiger partial charge in [0.1, 0.15) is 17.3 Å². The van der Waals surface area contributed by atoms with Crippen LogP contribution in [0.2, 0.25) is 0 Å². The smallest absolute Gasteiger partial charge is 0.296 e. The number of carbonyl (C=O) groups excluding carboxylic acids is 2. The lowest BCUT2D eigenvalue weighted by molar-refractivity contribution is -0.140. The van der Waals surface area contributed by atoms with Crippen LogP contribution in [0.4, 0.5) is 0 Å². The Hall–Kier alpha value is -3.80. The number of aryl methyl sites for hydroxylation is 1. The van der Waals surface area contributed by atoms with Gasteiger partial charge in [-0.05, 0) is 36.8 Å². The van der Waals surface area contributed by atoms with E-state index in [0.29, 0.717) is 22.6 Å². The highest BCUT2D eigenvalue weighted by molar-refractivity contribution is 6.46. The number of ketones is 1. The lowest BCUT2D eigenvalue weighted by Crippen LogP contribution is -2.29. The second-order valence-corrected chi connectivity index (χ2v) is 7.15. The zero-order valence-corrected chi connectivity index (χ0v) is 16.7. The third kappa shape index (κ3) is 3.48. The van der Waals surface area contributed by atoms with Crippen molar-refractivity contribution in [3.63, 3.8) is 0 Å². The summed E-state index contributed by atoms with van der Waals surface area (Å²) in [5.74, 6) is -0.400. The number of hydrogen-bond donors (Lipinski definition) is 1. The molecule has 0 spiro atoms. The molecule has 1 atom stereocenters. The average Bonchev–Trinajstić information content (AvgIpc) is 3.36. The maximum Gasteiger partial charge on any atom is 0.296 e. The number of ether oxygens (including phenoxy) is 1. The van der Waals surface area contributed by atoms with Gasteiger partial charge >= 0.3 is 0 Å². The molecule has 3 aromatic rings. The Labute approximate surface area is 174 Å². The summed E-state index contributed by atoms with van der Waals surface area (Å²) in [7, 11) is 1.56. The minimum Gasteiger partial charge on any atom is -0.507 e. The molecule has 1 fully saturated rings. The summed E-state index contributed by atoms with van der Waals surface area (Å²) in [5, 5.41) is 11.0. The zero-order valence-electron chi connectivity index (χ0n) is 16.7. The molecule has 0 aliphatic carbocycles. The van der Waals surface area contributed by atoms with Crippen molar-refractivity contribution < 1.29 is 23.8 Å². The molecule has 0 radical (unpaired) electrons. The second kappa shape index (κ2) is 7.91. The first-order valence-electron chi connectivity index (χ1n) is 9.51. The largest absolute Gasteiger partial charge is 0.507 e. The number of benzene rings is 2. The molecule has 1 aromatic heterocycles. The maximum absolute atomic E-state index is 13.0. The quantitative estimate of drug-likeness (QED) is 0.392. The number of amides is 1. The Bertz CT molecular complexity index is 1100. The van der Waals surface area contributed by atoms with Crippen molar-refractivity contribution in [2.45, 2.75) is 19.5 Å². The molecule has 152 valence electrons. The van der Waals surface area contributed by atoms with Crippen LogP contribution in [0, 0.1) is 6.92 Å². The van der Waals surface area contributed by atoms with Gasteiger partial charge in [0.05, 0.1) is 31.5 Å². The van der Waals surface area contributed by atoms with Crippen LogP contribution in [-0.2, 0) is 16.1 Å². The number of aliphatic hydroxyl groups excluding tert-OH is 1. The summed E-state index contributed by atoms with van der Waals surface area (Å²) in [6.07, 6.45) is 1.51. The molecule has 6 nitrogen and oxygen atoms in total. The van der Waals surface area contributed by atoms with E-state index in [2.05, 4.69) is 0 Å². The zero-order chi connectivity index (χ0) is 21.3. The summed E-state index contributed by atoms with van der Waals surface area (Å²) in [5.41, 5.74) is 2.25. The molecule has 1 saturated heterocycles. The normalized spacial score (nSPS) is 18.1. The summed E-state index contributed by atoms with van der Waals surface area (Å²) in [4.78, 5) is 27.3. The van der Waals surface area contributed by atoms with Gasteiger partial charge in [0.15, 0.2) is 0 Å². The van der Waals surface area contributed by atoms with Gasteiger partial charge in [0.25, 0.3) is 11.7 Å². The van der Waals surface area contributed by atoms with Crippen molar-refractivity contribution in [1.29, 1.82) is 0 Å². The van der Waals surface area contributed by atoms with Gasteiger partial charge in [0, 0.05) is 5.56 Å².